The predicted octanol–water partition coefficient (Wildman–Crippen LogP) is 3.56. The van der Waals surface area contributed by atoms with Crippen LogP contribution in [0.15, 0.2) is 39.8 Å². The molecule has 26 heavy (non-hydrogen) atoms. The molecule has 0 aliphatic heterocycles. The van der Waals surface area contributed by atoms with Crippen molar-refractivity contribution in [1.82, 2.24) is 10.5 Å². The van der Waals surface area contributed by atoms with Gasteiger partial charge in [0.2, 0.25) is 0 Å². The van der Waals surface area contributed by atoms with Crippen molar-refractivity contribution in [3.8, 4) is 0 Å². The zero-order valence-corrected chi connectivity index (χ0v) is 16.1. The van der Waals surface area contributed by atoms with Gasteiger partial charge in [0.05, 0.1) is 5.69 Å². The first-order valence-electron chi connectivity index (χ1n) is 8.57. The van der Waals surface area contributed by atoms with Crippen LogP contribution in [0.1, 0.15) is 48.0 Å². The van der Waals surface area contributed by atoms with Gasteiger partial charge < -0.3 is 14.6 Å². The Bertz CT molecular complexity index is 728. The molecule has 140 valence electrons. The Balaban J connectivity index is 1.67. The molecule has 1 N–H and O–H groups in total. The molecule has 2 rings (SSSR count). The highest BCUT2D eigenvalue weighted by atomic mass is 32.2. The van der Waals surface area contributed by atoms with Gasteiger partial charge in [-0.15, -0.1) is 11.8 Å². The van der Waals surface area contributed by atoms with Crippen LogP contribution in [0.2, 0.25) is 0 Å². The van der Waals surface area contributed by atoms with Crippen molar-refractivity contribution in [3.63, 3.8) is 0 Å². The molecule has 7 heteroatoms. The van der Waals surface area contributed by atoms with E-state index in [2.05, 4.69) is 22.6 Å². The van der Waals surface area contributed by atoms with Crippen LogP contribution >= 0.6 is 11.8 Å². The Kier molecular flexibility index (Phi) is 7.72. The molecule has 0 saturated carbocycles. The van der Waals surface area contributed by atoms with Gasteiger partial charge in [0, 0.05) is 17.4 Å². The lowest BCUT2D eigenvalue weighted by atomic mass is 10.1. The summed E-state index contributed by atoms with van der Waals surface area (Å²) < 4.78 is 10.2. The fourth-order valence-corrected chi connectivity index (χ4v) is 3.16. The van der Waals surface area contributed by atoms with Crippen molar-refractivity contribution in [2.45, 2.75) is 38.0 Å². The SMILES string of the molecule is Cc1noc(C(C)C)c1C(=O)OCC(=O)NCCCSc1ccccc1. The number of hydrogen-bond acceptors (Lipinski definition) is 6. The number of aromatic nitrogens is 1. The van der Waals surface area contributed by atoms with Crippen molar-refractivity contribution in [2.24, 2.45) is 0 Å². The van der Waals surface area contributed by atoms with Crippen LogP contribution < -0.4 is 5.32 Å². The molecule has 2 aromatic rings. The van der Waals surface area contributed by atoms with E-state index >= 15 is 0 Å². The quantitative estimate of drug-likeness (QED) is 0.409. The van der Waals surface area contributed by atoms with Gasteiger partial charge in [-0.05, 0) is 31.2 Å². The number of hydrogen-bond donors (Lipinski definition) is 1. The summed E-state index contributed by atoms with van der Waals surface area (Å²) in [6.45, 7) is 5.71. The fourth-order valence-electron chi connectivity index (χ4n) is 2.29. The van der Waals surface area contributed by atoms with E-state index in [9.17, 15) is 9.59 Å². The number of carbonyl (C=O) groups is 2. The first-order chi connectivity index (χ1) is 12.5. The summed E-state index contributed by atoms with van der Waals surface area (Å²) in [5.41, 5.74) is 0.782. The van der Waals surface area contributed by atoms with Gasteiger partial charge in [-0.2, -0.15) is 0 Å². The molecule has 0 aliphatic carbocycles. The second-order valence-corrected chi connectivity index (χ2v) is 7.27. The number of rotatable bonds is 9. The van der Waals surface area contributed by atoms with Gasteiger partial charge >= 0.3 is 5.97 Å². The van der Waals surface area contributed by atoms with Crippen LogP contribution in [0.4, 0.5) is 0 Å². The summed E-state index contributed by atoms with van der Waals surface area (Å²) in [5, 5.41) is 6.56. The molecule has 0 spiro atoms. The highest BCUT2D eigenvalue weighted by Gasteiger charge is 2.24. The average Bonchev–Trinajstić information content (AvgIpc) is 3.02. The number of nitrogens with one attached hydrogen (secondary N) is 1. The molecule has 6 nitrogen and oxygen atoms in total. The van der Waals surface area contributed by atoms with E-state index in [0.717, 1.165) is 12.2 Å². The van der Waals surface area contributed by atoms with Gasteiger partial charge in [0.25, 0.3) is 5.91 Å². The summed E-state index contributed by atoms with van der Waals surface area (Å²) in [7, 11) is 0. The molecule has 0 fully saturated rings. The third-order valence-electron chi connectivity index (χ3n) is 3.61. The highest BCUT2D eigenvalue weighted by Crippen LogP contribution is 2.22. The van der Waals surface area contributed by atoms with Crippen LogP contribution in [-0.2, 0) is 9.53 Å². The van der Waals surface area contributed by atoms with Crippen LogP contribution in [0.3, 0.4) is 0 Å². The Hall–Kier alpha value is -2.28. The molecule has 0 saturated heterocycles. The standard InChI is InChI=1S/C19H24N2O4S/c1-13(2)18-17(14(3)21-25-18)19(23)24-12-16(22)20-10-7-11-26-15-8-5-4-6-9-15/h4-6,8-9,13H,7,10-12H2,1-3H3,(H,20,22). The minimum Gasteiger partial charge on any atom is -0.452 e. The summed E-state index contributed by atoms with van der Waals surface area (Å²) >= 11 is 1.74. The molecule has 0 unspecified atom stereocenters. The van der Waals surface area contributed by atoms with Crippen LogP contribution in [0, 0.1) is 6.92 Å². The van der Waals surface area contributed by atoms with Gasteiger partial charge in [0.15, 0.2) is 12.4 Å². The van der Waals surface area contributed by atoms with Gasteiger partial charge in [0.1, 0.15) is 5.56 Å². The Morgan fingerprint density at radius 3 is 2.69 bits per heavy atom. The van der Waals surface area contributed by atoms with Gasteiger partial charge in [-0.3, -0.25) is 4.79 Å². The zero-order valence-electron chi connectivity index (χ0n) is 15.3. The van der Waals surface area contributed by atoms with Crippen LogP contribution in [0.5, 0.6) is 0 Å². The molecule has 1 amide bonds. The van der Waals surface area contributed by atoms with Crippen molar-refractivity contribution in [2.75, 3.05) is 18.9 Å². The molecule has 1 heterocycles. The molecule has 0 bridgehead atoms. The lowest BCUT2D eigenvalue weighted by Crippen LogP contribution is -2.30. The number of carbonyl (C=O) groups excluding carboxylic acids is 2. The van der Waals surface area contributed by atoms with E-state index in [-0.39, 0.29) is 18.4 Å². The Labute approximate surface area is 157 Å². The van der Waals surface area contributed by atoms with E-state index in [0.29, 0.717) is 23.6 Å². The zero-order chi connectivity index (χ0) is 18.9. The number of ether oxygens (including phenoxy) is 1. The predicted molar refractivity (Wildman–Crippen MR) is 100 cm³/mol. The molecule has 1 aromatic carbocycles. The van der Waals surface area contributed by atoms with Crippen molar-refractivity contribution in [3.05, 3.63) is 47.3 Å². The number of benzene rings is 1. The summed E-state index contributed by atoms with van der Waals surface area (Å²) in [6.07, 6.45) is 0.835. The monoisotopic (exact) mass is 376 g/mol. The first kappa shape index (κ1) is 20.0. The van der Waals surface area contributed by atoms with E-state index < -0.39 is 5.97 Å². The third kappa shape index (κ3) is 5.91. The molecular weight excluding hydrogens is 352 g/mol. The second-order valence-electron chi connectivity index (χ2n) is 6.10. The normalized spacial score (nSPS) is 10.8. The van der Waals surface area contributed by atoms with E-state index in [1.807, 2.05) is 32.0 Å². The number of aryl methyl sites for hydroxylation is 1. The van der Waals surface area contributed by atoms with Gasteiger partial charge in [-0.25, -0.2) is 4.79 Å². The van der Waals surface area contributed by atoms with E-state index in [1.54, 1.807) is 18.7 Å². The summed E-state index contributed by atoms with van der Waals surface area (Å²) in [6, 6.07) is 10.1. The van der Waals surface area contributed by atoms with Crippen LogP contribution in [0.25, 0.3) is 0 Å². The van der Waals surface area contributed by atoms with Crippen molar-refractivity contribution < 1.29 is 18.8 Å². The summed E-state index contributed by atoms with van der Waals surface area (Å²) in [5.74, 6) is 0.493. The third-order valence-corrected chi connectivity index (χ3v) is 4.71. The lowest BCUT2D eigenvalue weighted by molar-refractivity contribution is -0.124. The highest BCUT2D eigenvalue weighted by molar-refractivity contribution is 7.99. The maximum absolute atomic E-state index is 12.2. The molecule has 0 atom stereocenters. The first-order valence-corrected chi connectivity index (χ1v) is 9.55. The maximum atomic E-state index is 12.2. The maximum Gasteiger partial charge on any atom is 0.344 e. The lowest BCUT2D eigenvalue weighted by Gasteiger charge is -2.08. The number of esters is 1. The molecule has 1 aromatic heterocycles. The van der Waals surface area contributed by atoms with E-state index in [1.165, 1.54) is 4.90 Å². The Morgan fingerprint density at radius 2 is 2.00 bits per heavy atom. The Morgan fingerprint density at radius 1 is 1.27 bits per heavy atom. The minimum atomic E-state index is -0.581. The molecule has 0 aliphatic rings. The fraction of sp³-hybridized carbons (Fsp3) is 0.421. The number of amides is 1. The van der Waals surface area contributed by atoms with E-state index in [4.69, 9.17) is 9.26 Å². The van der Waals surface area contributed by atoms with Crippen LogP contribution in [-0.4, -0.2) is 35.9 Å². The summed E-state index contributed by atoms with van der Waals surface area (Å²) in [4.78, 5) is 25.2. The smallest absolute Gasteiger partial charge is 0.344 e. The number of thioether (sulfide) groups is 1. The van der Waals surface area contributed by atoms with Crippen molar-refractivity contribution in [1.29, 1.82) is 0 Å². The van der Waals surface area contributed by atoms with Gasteiger partial charge in [-0.1, -0.05) is 37.2 Å². The molecular formula is C19H24N2O4S. The van der Waals surface area contributed by atoms with Crippen molar-refractivity contribution >= 4 is 23.6 Å². The largest absolute Gasteiger partial charge is 0.452 e. The average molecular weight is 376 g/mol. The molecule has 0 radical (unpaired) electrons. The second kappa shape index (κ2) is 10.0. The number of nitrogens with zero attached hydrogens (tertiary/aromatic N) is 1. The minimum absolute atomic E-state index is 0.00897. The topological polar surface area (TPSA) is 81.4 Å².